The number of halogens is 3. The largest absolute Gasteiger partial charge is 0.433 e. The van der Waals surface area contributed by atoms with Gasteiger partial charge in [-0.1, -0.05) is 12.8 Å². The molecule has 2 N–H and O–H groups in total. The predicted octanol–water partition coefficient (Wildman–Crippen LogP) is 3.32. The van der Waals surface area contributed by atoms with Crippen LogP contribution in [0, 0.1) is 0 Å². The number of hydrogen-bond donors (Lipinski definition) is 2. The Morgan fingerprint density at radius 2 is 1.79 bits per heavy atom. The summed E-state index contributed by atoms with van der Waals surface area (Å²) >= 11 is 5.11. The number of anilines is 2. The summed E-state index contributed by atoms with van der Waals surface area (Å²) in [6, 6.07) is 1.33. The van der Waals surface area contributed by atoms with Crippen molar-refractivity contribution in [3.8, 4) is 0 Å². The minimum Gasteiger partial charge on any atom is -0.360 e. The smallest absolute Gasteiger partial charge is 0.360 e. The highest BCUT2D eigenvalue weighted by molar-refractivity contribution is 7.80. The molecular weight excluding hydrogens is 339 g/mol. The Hall–Kier alpha value is -1.64. The van der Waals surface area contributed by atoms with Gasteiger partial charge >= 0.3 is 6.18 Å². The lowest BCUT2D eigenvalue weighted by Crippen LogP contribution is -2.32. The molecule has 0 radical (unpaired) electrons. The Morgan fingerprint density at radius 1 is 1.12 bits per heavy atom. The van der Waals surface area contributed by atoms with E-state index in [2.05, 4.69) is 20.6 Å². The van der Waals surface area contributed by atoms with Gasteiger partial charge in [-0.2, -0.15) is 18.2 Å². The third kappa shape index (κ3) is 4.68. The molecule has 5 nitrogen and oxygen atoms in total. The average molecular weight is 359 g/mol. The van der Waals surface area contributed by atoms with Crippen LogP contribution >= 0.6 is 12.2 Å². The van der Waals surface area contributed by atoms with E-state index in [4.69, 9.17) is 12.2 Å². The zero-order chi connectivity index (χ0) is 17.2. The molecule has 9 heteroatoms. The highest BCUT2D eigenvalue weighted by Crippen LogP contribution is 2.31. The van der Waals surface area contributed by atoms with Gasteiger partial charge in [-0.25, -0.2) is 4.98 Å². The van der Waals surface area contributed by atoms with Crippen molar-refractivity contribution in [1.82, 2.24) is 15.3 Å². The third-order valence-electron chi connectivity index (χ3n) is 4.07. The van der Waals surface area contributed by atoms with Gasteiger partial charge in [0, 0.05) is 25.2 Å². The van der Waals surface area contributed by atoms with E-state index in [1.807, 2.05) is 4.90 Å². The molecular formula is C15H20F3N5S. The first-order valence-corrected chi connectivity index (χ1v) is 8.61. The number of nitrogens with one attached hydrogen (secondary N) is 2. The van der Waals surface area contributed by atoms with Crippen molar-refractivity contribution in [2.24, 2.45) is 0 Å². The Morgan fingerprint density at radius 3 is 2.38 bits per heavy atom. The Labute approximate surface area is 144 Å². The lowest BCUT2D eigenvalue weighted by Gasteiger charge is -2.23. The Kier molecular flexibility index (Phi) is 5.07. The molecule has 0 atom stereocenters. The van der Waals surface area contributed by atoms with Gasteiger partial charge in [0.25, 0.3) is 0 Å². The normalized spacial score (nSPS) is 18.9. The lowest BCUT2D eigenvalue weighted by atomic mass is 10.2. The van der Waals surface area contributed by atoms with Crippen LogP contribution in [0.3, 0.4) is 0 Å². The van der Waals surface area contributed by atoms with E-state index < -0.39 is 11.9 Å². The topological polar surface area (TPSA) is 53.1 Å². The molecule has 1 aromatic rings. The van der Waals surface area contributed by atoms with Crippen molar-refractivity contribution in [2.75, 3.05) is 23.3 Å². The van der Waals surface area contributed by atoms with E-state index in [0.29, 0.717) is 24.9 Å². The molecule has 2 aliphatic rings. The molecule has 1 aromatic heterocycles. The molecule has 2 fully saturated rings. The van der Waals surface area contributed by atoms with Crippen LogP contribution in [0.15, 0.2) is 6.07 Å². The summed E-state index contributed by atoms with van der Waals surface area (Å²) in [5.74, 6) is 0.193. The molecule has 0 bridgehead atoms. The molecule has 0 aromatic carbocycles. The summed E-state index contributed by atoms with van der Waals surface area (Å²) in [4.78, 5) is 9.74. The maximum absolute atomic E-state index is 13.2. The fraction of sp³-hybridized carbons (Fsp3) is 0.667. The van der Waals surface area contributed by atoms with Crippen LogP contribution in [0.25, 0.3) is 0 Å². The first kappa shape index (κ1) is 17.2. The second-order valence-electron chi connectivity index (χ2n) is 6.21. The second-order valence-corrected chi connectivity index (χ2v) is 6.61. The maximum atomic E-state index is 13.2. The van der Waals surface area contributed by atoms with Crippen molar-refractivity contribution >= 4 is 29.1 Å². The quantitative estimate of drug-likeness (QED) is 0.808. The summed E-state index contributed by atoms with van der Waals surface area (Å²) < 4.78 is 39.5. The number of thiocarbonyl (C=S) groups is 1. The van der Waals surface area contributed by atoms with Gasteiger partial charge < -0.3 is 15.5 Å². The number of rotatable bonds is 3. The van der Waals surface area contributed by atoms with Gasteiger partial charge in [0.05, 0.1) is 0 Å². The van der Waals surface area contributed by atoms with Gasteiger partial charge in [0.15, 0.2) is 10.8 Å². The SMILES string of the molecule is FC(F)(F)c1cc(N2CCCCCC2)nc(NC(=S)NC2CC2)n1. The number of nitrogens with zero attached hydrogens (tertiary/aromatic N) is 3. The minimum atomic E-state index is -4.52. The molecule has 3 rings (SSSR count). The maximum Gasteiger partial charge on any atom is 0.433 e. The molecule has 24 heavy (non-hydrogen) atoms. The molecule has 1 aliphatic heterocycles. The standard InChI is InChI=1S/C15H20F3N5S/c16-15(17,18)11-9-12(23-7-3-1-2-4-8-23)21-13(20-11)22-14(24)19-10-5-6-10/h9-10H,1-8H2,(H2,19,20,21,22,24). The van der Waals surface area contributed by atoms with Crippen molar-refractivity contribution in [2.45, 2.75) is 50.7 Å². The molecule has 0 amide bonds. The summed E-state index contributed by atoms with van der Waals surface area (Å²) in [7, 11) is 0. The fourth-order valence-corrected chi connectivity index (χ4v) is 2.91. The molecule has 2 heterocycles. The van der Waals surface area contributed by atoms with E-state index in [9.17, 15) is 13.2 Å². The van der Waals surface area contributed by atoms with Crippen molar-refractivity contribution < 1.29 is 13.2 Å². The Bertz CT molecular complexity index is 595. The third-order valence-corrected chi connectivity index (χ3v) is 4.29. The average Bonchev–Trinajstić information content (AvgIpc) is 3.32. The van der Waals surface area contributed by atoms with E-state index >= 15 is 0 Å². The highest BCUT2D eigenvalue weighted by Gasteiger charge is 2.34. The minimum absolute atomic E-state index is 0.109. The summed E-state index contributed by atoms with van der Waals surface area (Å²) in [5.41, 5.74) is -0.950. The van der Waals surface area contributed by atoms with Gasteiger partial charge in [0.2, 0.25) is 5.95 Å². The van der Waals surface area contributed by atoms with Crippen LogP contribution < -0.4 is 15.5 Å². The molecule has 132 valence electrons. The molecule has 0 unspecified atom stereocenters. The lowest BCUT2D eigenvalue weighted by molar-refractivity contribution is -0.141. The zero-order valence-electron chi connectivity index (χ0n) is 13.2. The fourth-order valence-electron chi connectivity index (χ4n) is 2.65. The van der Waals surface area contributed by atoms with E-state index in [1.165, 1.54) is 0 Å². The molecule has 1 saturated carbocycles. The number of alkyl halides is 3. The van der Waals surface area contributed by atoms with Gasteiger partial charge in [-0.15, -0.1) is 0 Å². The molecule has 0 spiro atoms. The Balaban J connectivity index is 1.83. The van der Waals surface area contributed by atoms with Gasteiger partial charge in [-0.05, 0) is 37.9 Å². The van der Waals surface area contributed by atoms with Gasteiger partial charge in [-0.3, -0.25) is 0 Å². The van der Waals surface area contributed by atoms with Crippen LogP contribution in [0.2, 0.25) is 0 Å². The van der Waals surface area contributed by atoms with Crippen molar-refractivity contribution in [1.29, 1.82) is 0 Å². The van der Waals surface area contributed by atoms with Crippen LogP contribution in [0.1, 0.15) is 44.2 Å². The highest BCUT2D eigenvalue weighted by atomic mass is 32.1. The predicted molar refractivity (Wildman–Crippen MR) is 90.1 cm³/mol. The van der Waals surface area contributed by atoms with E-state index in [0.717, 1.165) is 44.6 Å². The first-order valence-electron chi connectivity index (χ1n) is 8.20. The van der Waals surface area contributed by atoms with Crippen LogP contribution in [0.4, 0.5) is 24.9 Å². The van der Waals surface area contributed by atoms with Crippen LogP contribution in [-0.4, -0.2) is 34.2 Å². The van der Waals surface area contributed by atoms with Crippen molar-refractivity contribution in [3.05, 3.63) is 11.8 Å². The molecule has 1 saturated heterocycles. The summed E-state index contributed by atoms with van der Waals surface area (Å²) in [5, 5.41) is 5.97. The van der Waals surface area contributed by atoms with Crippen molar-refractivity contribution in [3.63, 3.8) is 0 Å². The van der Waals surface area contributed by atoms with Gasteiger partial charge in [0.1, 0.15) is 5.82 Å². The number of hydrogen-bond acceptors (Lipinski definition) is 4. The monoisotopic (exact) mass is 359 g/mol. The van der Waals surface area contributed by atoms with E-state index in [-0.39, 0.29) is 11.1 Å². The first-order chi connectivity index (χ1) is 11.4. The van der Waals surface area contributed by atoms with Crippen LogP contribution in [-0.2, 0) is 6.18 Å². The van der Waals surface area contributed by atoms with E-state index in [1.54, 1.807) is 0 Å². The van der Waals surface area contributed by atoms with Crippen LogP contribution in [0.5, 0.6) is 0 Å². The zero-order valence-corrected chi connectivity index (χ0v) is 14.0. The second kappa shape index (κ2) is 7.08. The molecule has 1 aliphatic carbocycles. The summed E-state index contributed by atoms with van der Waals surface area (Å²) in [6.45, 7) is 1.41. The summed E-state index contributed by atoms with van der Waals surface area (Å²) in [6.07, 6.45) is 1.61. The number of aromatic nitrogens is 2.